The Balaban J connectivity index is 1.83. The van der Waals surface area contributed by atoms with Crippen LogP contribution in [-0.4, -0.2) is 22.4 Å². The van der Waals surface area contributed by atoms with E-state index in [0.29, 0.717) is 5.56 Å². The second-order valence-corrected chi connectivity index (χ2v) is 7.04. The summed E-state index contributed by atoms with van der Waals surface area (Å²) in [5.74, 6) is -2.18. The lowest BCUT2D eigenvalue weighted by atomic mass is 10.1. The van der Waals surface area contributed by atoms with E-state index in [1.54, 1.807) is 0 Å². The highest BCUT2D eigenvalue weighted by molar-refractivity contribution is 6.39. The number of fused-ring (bicyclic) bond motifs is 1. The maximum absolute atomic E-state index is 13.6. The van der Waals surface area contributed by atoms with E-state index in [-0.39, 0.29) is 17.3 Å². The smallest absolute Gasteiger partial charge is 0.335 e. The molecule has 1 N–H and O–H groups in total. The van der Waals surface area contributed by atoms with Gasteiger partial charge in [0.05, 0.1) is 5.69 Å². The second kappa shape index (κ2) is 7.01. The second-order valence-electron chi connectivity index (χ2n) is 7.04. The molecule has 0 aliphatic carbocycles. The van der Waals surface area contributed by atoms with Crippen molar-refractivity contribution in [2.45, 2.75) is 19.9 Å². The largest absolute Gasteiger partial charge is 0.344 e. The minimum absolute atomic E-state index is 0.0514. The van der Waals surface area contributed by atoms with Gasteiger partial charge in [0, 0.05) is 28.7 Å². The van der Waals surface area contributed by atoms with Crippen LogP contribution in [0.5, 0.6) is 0 Å². The first-order valence-electron chi connectivity index (χ1n) is 9.13. The zero-order chi connectivity index (χ0) is 20.7. The summed E-state index contributed by atoms with van der Waals surface area (Å²) in [6.07, 6.45) is 3.34. The molecule has 1 aliphatic heterocycles. The summed E-state index contributed by atoms with van der Waals surface area (Å²) < 4.78 is 15.6. The van der Waals surface area contributed by atoms with Crippen LogP contribution in [0.3, 0.4) is 0 Å². The van der Waals surface area contributed by atoms with Gasteiger partial charge in [0.1, 0.15) is 11.4 Å². The van der Waals surface area contributed by atoms with Crippen LogP contribution in [0.2, 0.25) is 0 Å². The van der Waals surface area contributed by atoms with Gasteiger partial charge in [-0.25, -0.2) is 14.1 Å². The predicted molar refractivity (Wildman–Crippen MR) is 108 cm³/mol. The highest BCUT2D eigenvalue weighted by Crippen LogP contribution is 2.28. The first-order valence-corrected chi connectivity index (χ1v) is 9.13. The first-order chi connectivity index (χ1) is 13.9. The van der Waals surface area contributed by atoms with Crippen molar-refractivity contribution in [3.63, 3.8) is 0 Å². The van der Waals surface area contributed by atoms with Crippen molar-refractivity contribution in [3.05, 3.63) is 71.7 Å². The molecular formula is C22H18FN3O3. The third kappa shape index (κ3) is 3.20. The Morgan fingerprint density at radius 1 is 1.03 bits per heavy atom. The van der Waals surface area contributed by atoms with Gasteiger partial charge in [-0.3, -0.25) is 14.9 Å². The molecule has 2 aromatic carbocycles. The molecule has 7 heteroatoms. The van der Waals surface area contributed by atoms with Crippen molar-refractivity contribution in [3.8, 4) is 0 Å². The molecule has 6 nitrogen and oxygen atoms in total. The number of rotatable bonds is 3. The van der Waals surface area contributed by atoms with Crippen molar-refractivity contribution in [1.29, 1.82) is 0 Å². The number of barbiturate groups is 1. The van der Waals surface area contributed by atoms with E-state index in [2.05, 4.69) is 5.32 Å². The summed E-state index contributed by atoms with van der Waals surface area (Å²) >= 11 is 0. The highest BCUT2D eigenvalue weighted by atomic mass is 19.1. The highest BCUT2D eigenvalue weighted by Gasteiger charge is 2.37. The van der Waals surface area contributed by atoms with Gasteiger partial charge in [0.2, 0.25) is 0 Å². The quantitative estimate of drug-likeness (QED) is 0.541. The van der Waals surface area contributed by atoms with Crippen molar-refractivity contribution < 1.29 is 18.8 Å². The number of amides is 4. The summed E-state index contributed by atoms with van der Waals surface area (Å²) in [7, 11) is 0. The molecular weight excluding hydrogens is 373 g/mol. The van der Waals surface area contributed by atoms with Crippen LogP contribution < -0.4 is 10.2 Å². The summed E-state index contributed by atoms with van der Waals surface area (Å²) in [5.41, 5.74) is 1.51. The van der Waals surface area contributed by atoms with E-state index in [1.807, 2.05) is 48.9 Å². The number of carbonyl (C=O) groups excluding carboxylic acids is 3. The lowest BCUT2D eigenvalue weighted by molar-refractivity contribution is -0.122. The van der Waals surface area contributed by atoms with Gasteiger partial charge >= 0.3 is 6.03 Å². The SMILES string of the molecule is CC(C)n1cc(C=C2C(=O)NC(=O)N(c3cccc(F)c3)C2=O)c2ccccc21. The lowest BCUT2D eigenvalue weighted by Crippen LogP contribution is -2.54. The number of aromatic nitrogens is 1. The van der Waals surface area contributed by atoms with Gasteiger partial charge in [0.15, 0.2) is 0 Å². The molecule has 0 atom stereocenters. The molecule has 29 heavy (non-hydrogen) atoms. The molecule has 2 heterocycles. The fraction of sp³-hybridized carbons (Fsp3) is 0.136. The minimum Gasteiger partial charge on any atom is -0.344 e. The number of hydrogen-bond acceptors (Lipinski definition) is 3. The Labute approximate surface area is 166 Å². The minimum atomic E-state index is -0.910. The molecule has 1 saturated heterocycles. The first kappa shape index (κ1) is 18.6. The van der Waals surface area contributed by atoms with Crippen LogP contribution in [0.4, 0.5) is 14.9 Å². The number of benzene rings is 2. The van der Waals surface area contributed by atoms with Gasteiger partial charge < -0.3 is 4.57 Å². The third-order valence-electron chi connectivity index (χ3n) is 4.80. The van der Waals surface area contributed by atoms with E-state index >= 15 is 0 Å². The van der Waals surface area contributed by atoms with Crippen LogP contribution in [0.25, 0.3) is 17.0 Å². The van der Waals surface area contributed by atoms with E-state index in [4.69, 9.17) is 0 Å². The summed E-state index contributed by atoms with van der Waals surface area (Å²) in [5, 5.41) is 3.03. The number of anilines is 1. The lowest BCUT2D eigenvalue weighted by Gasteiger charge is -2.26. The van der Waals surface area contributed by atoms with Crippen molar-refractivity contribution in [2.24, 2.45) is 0 Å². The maximum Gasteiger partial charge on any atom is 0.335 e. The Morgan fingerprint density at radius 2 is 1.79 bits per heavy atom. The Morgan fingerprint density at radius 3 is 2.52 bits per heavy atom. The van der Waals surface area contributed by atoms with Gasteiger partial charge in [-0.15, -0.1) is 0 Å². The average molecular weight is 391 g/mol. The van der Waals surface area contributed by atoms with Crippen molar-refractivity contribution >= 4 is 40.5 Å². The number of hydrogen-bond donors (Lipinski definition) is 1. The van der Waals surface area contributed by atoms with Crippen LogP contribution >= 0.6 is 0 Å². The van der Waals surface area contributed by atoms with Gasteiger partial charge in [-0.05, 0) is 44.2 Å². The average Bonchev–Trinajstić information content (AvgIpc) is 3.04. The Bertz CT molecular complexity index is 1190. The number of nitrogens with zero attached hydrogens (tertiary/aromatic N) is 2. The zero-order valence-electron chi connectivity index (χ0n) is 15.8. The van der Waals surface area contributed by atoms with Crippen LogP contribution in [0, 0.1) is 5.82 Å². The number of para-hydroxylation sites is 1. The summed E-state index contributed by atoms with van der Waals surface area (Å²) in [6.45, 7) is 4.07. The molecule has 1 fully saturated rings. The van der Waals surface area contributed by atoms with Crippen molar-refractivity contribution in [2.75, 3.05) is 4.90 Å². The van der Waals surface area contributed by atoms with Crippen LogP contribution in [0.1, 0.15) is 25.5 Å². The maximum atomic E-state index is 13.6. The van der Waals surface area contributed by atoms with E-state index in [1.165, 1.54) is 24.3 Å². The topological polar surface area (TPSA) is 71.4 Å². The number of urea groups is 1. The molecule has 4 amide bonds. The Kier molecular flexibility index (Phi) is 4.50. The summed E-state index contributed by atoms with van der Waals surface area (Å²) in [6, 6.07) is 12.0. The fourth-order valence-corrected chi connectivity index (χ4v) is 3.44. The normalized spacial score (nSPS) is 16.2. The molecule has 0 radical (unpaired) electrons. The number of imide groups is 2. The molecule has 0 bridgehead atoms. The zero-order valence-corrected chi connectivity index (χ0v) is 15.8. The third-order valence-corrected chi connectivity index (χ3v) is 4.80. The van der Waals surface area contributed by atoms with Crippen molar-refractivity contribution in [1.82, 2.24) is 9.88 Å². The number of halogens is 1. The van der Waals surface area contributed by atoms with E-state index in [0.717, 1.165) is 21.9 Å². The fourth-order valence-electron chi connectivity index (χ4n) is 3.44. The molecule has 1 aliphatic rings. The summed E-state index contributed by atoms with van der Waals surface area (Å²) in [4.78, 5) is 38.4. The van der Waals surface area contributed by atoms with Gasteiger partial charge in [0.25, 0.3) is 11.8 Å². The van der Waals surface area contributed by atoms with Crippen LogP contribution in [0.15, 0.2) is 60.3 Å². The van der Waals surface area contributed by atoms with Gasteiger partial charge in [-0.2, -0.15) is 0 Å². The van der Waals surface area contributed by atoms with Crippen LogP contribution in [-0.2, 0) is 9.59 Å². The molecule has 1 aromatic heterocycles. The molecule has 0 unspecified atom stereocenters. The number of nitrogens with one attached hydrogen (secondary N) is 1. The van der Waals surface area contributed by atoms with Gasteiger partial charge in [-0.1, -0.05) is 24.3 Å². The molecule has 0 saturated carbocycles. The molecule has 146 valence electrons. The number of carbonyl (C=O) groups is 3. The van der Waals surface area contributed by atoms with E-state index < -0.39 is 23.7 Å². The Hall–Kier alpha value is -3.74. The standard InChI is InChI=1S/C22H18FN3O3/c1-13(2)25-12-14(17-8-3-4-9-19(17)25)10-18-20(27)24-22(29)26(21(18)28)16-7-5-6-15(23)11-16/h3-13H,1-2H3,(H,24,27,29). The predicted octanol–water partition coefficient (Wildman–Crippen LogP) is 4.03. The van der Waals surface area contributed by atoms with E-state index in [9.17, 15) is 18.8 Å². The molecule has 4 rings (SSSR count). The molecule has 0 spiro atoms. The molecule has 3 aromatic rings. The monoisotopic (exact) mass is 391 g/mol.